The van der Waals surface area contributed by atoms with Crippen molar-refractivity contribution in [2.45, 2.75) is 12.8 Å². The highest BCUT2D eigenvalue weighted by Gasteiger charge is 2.27. The smallest absolute Gasteiger partial charge is 0.229 e. The Morgan fingerprint density at radius 3 is 2.96 bits per heavy atom. The molecule has 2 N–H and O–H groups in total. The number of H-pyrrole nitrogens is 1. The number of benzene rings is 1. The highest BCUT2D eigenvalue weighted by atomic mass is 35.5. The number of aromatic nitrogens is 5. The molecule has 1 amide bonds. The molecule has 0 bridgehead atoms. The standard InChI is InChI=1S/C18H18ClN7O/c19-15-6-7-16(24-23-15)26-8-2-4-13(10-26)18(27)22-14-5-1-3-12(9-14)17-20-11-21-25-17/h1,3,5-7,9,11,13H,2,4,8,10H2,(H,22,27)(H,20,21,25)/t13-/m1/s1. The molecule has 8 nitrogen and oxygen atoms in total. The lowest BCUT2D eigenvalue weighted by Gasteiger charge is -2.32. The van der Waals surface area contributed by atoms with E-state index in [0.29, 0.717) is 17.5 Å². The third-order valence-electron chi connectivity index (χ3n) is 4.55. The summed E-state index contributed by atoms with van der Waals surface area (Å²) in [7, 11) is 0. The maximum absolute atomic E-state index is 12.8. The first kappa shape index (κ1) is 17.4. The lowest BCUT2D eigenvalue weighted by Crippen LogP contribution is -2.41. The Labute approximate surface area is 161 Å². The maximum atomic E-state index is 12.8. The number of hydrogen-bond donors (Lipinski definition) is 2. The van der Waals surface area contributed by atoms with E-state index in [4.69, 9.17) is 11.6 Å². The number of anilines is 2. The summed E-state index contributed by atoms with van der Waals surface area (Å²) in [5.74, 6) is 1.28. The molecule has 1 fully saturated rings. The van der Waals surface area contributed by atoms with Gasteiger partial charge in [0.05, 0.1) is 5.92 Å². The molecular formula is C18H18ClN7O. The average molecular weight is 384 g/mol. The Morgan fingerprint density at radius 2 is 2.19 bits per heavy atom. The Bertz CT molecular complexity index is 914. The third kappa shape index (κ3) is 4.06. The normalized spacial score (nSPS) is 16.9. The topological polar surface area (TPSA) is 99.7 Å². The van der Waals surface area contributed by atoms with Crippen LogP contribution >= 0.6 is 11.6 Å². The summed E-state index contributed by atoms with van der Waals surface area (Å²) in [5.41, 5.74) is 1.60. The molecule has 9 heteroatoms. The Kier molecular flexibility index (Phi) is 4.97. The highest BCUT2D eigenvalue weighted by Crippen LogP contribution is 2.24. The van der Waals surface area contributed by atoms with Crippen LogP contribution in [0.3, 0.4) is 0 Å². The van der Waals surface area contributed by atoms with E-state index in [2.05, 4.69) is 35.6 Å². The van der Waals surface area contributed by atoms with Crippen molar-refractivity contribution < 1.29 is 4.79 Å². The monoisotopic (exact) mass is 383 g/mol. The van der Waals surface area contributed by atoms with Gasteiger partial charge in [-0.05, 0) is 37.1 Å². The fourth-order valence-electron chi connectivity index (χ4n) is 3.21. The summed E-state index contributed by atoms with van der Waals surface area (Å²) in [6.45, 7) is 1.45. The van der Waals surface area contributed by atoms with Crippen molar-refractivity contribution in [2.75, 3.05) is 23.3 Å². The molecule has 4 rings (SSSR count). The van der Waals surface area contributed by atoms with Gasteiger partial charge in [0.2, 0.25) is 5.91 Å². The first-order valence-electron chi connectivity index (χ1n) is 8.70. The average Bonchev–Trinajstić information content (AvgIpc) is 3.24. The minimum Gasteiger partial charge on any atom is -0.354 e. The summed E-state index contributed by atoms with van der Waals surface area (Å²) >= 11 is 5.80. The predicted molar refractivity (Wildman–Crippen MR) is 102 cm³/mol. The molecule has 27 heavy (non-hydrogen) atoms. The lowest BCUT2D eigenvalue weighted by molar-refractivity contribution is -0.120. The quantitative estimate of drug-likeness (QED) is 0.718. The molecule has 3 heterocycles. The molecule has 1 aromatic carbocycles. The first-order valence-corrected chi connectivity index (χ1v) is 9.08. The summed E-state index contributed by atoms with van der Waals surface area (Å²) < 4.78 is 0. The number of nitrogens with zero attached hydrogens (tertiary/aromatic N) is 5. The van der Waals surface area contributed by atoms with Gasteiger partial charge in [0.25, 0.3) is 0 Å². The lowest BCUT2D eigenvalue weighted by atomic mass is 9.97. The molecule has 0 radical (unpaired) electrons. The zero-order chi connectivity index (χ0) is 18.6. The van der Waals surface area contributed by atoms with Crippen LogP contribution in [0.2, 0.25) is 5.15 Å². The van der Waals surface area contributed by atoms with E-state index >= 15 is 0 Å². The van der Waals surface area contributed by atoms with Crippen LogP contribution < -0.4 is 10.2 Å². The maximum Gasteiger partial charge on any atom is 0.229 e. The fourth-order valence-corrected chi connectivity index (χ4v) is 3.31. The van der Waals surface area contributed by atoms with Crippen LogP contribution in [0.25, 0.3) is 11.4 Å². The van der Waals surface area contributed by atoms with E-state index in [-0.39, 0.29) is 11.8 Å². The number of carbonyl (C=O) groups is 1. The number of rotatable bonds is 4. The third-order valence-corrected chi connectivity index (χ3v) is 4.75. The number of hydrogen-bond acceptors (Lipinski definition) is 6. The van der Waals surface area contributed by atoms with Crippen molar-refractivity contribution >= 4 is 29.0 Å². The zero-order valence-corrected chi connectivity index (χ0v) is 15.2. The van der Waals surface area contributed by atoms with Crippen LogP contribution in [-0.2, 0) is 4.79 Å². The fraction of sp³-hybridized carbons (Fsp3) is 0.278. The van der Waals surface area contributed by atoms with Gasteiger partial charge in [0.15, 0.2) is 16.8 Å². The van der Waals surface area contributed by atoms with Crippen LogP contribution in [0.5, 0.6) is 0 Å². The van der Waals surface area contributed by atoms with E-state index in [0.717, 1.165) is 36.5 Å². The van der Waals surface area contributed by atoms with Crippen molar-refractivity contribution in [3.8, 4) is 11.4 Å². The summed E-state index contributed by atoms with van der Waals surface area (Å²) in [6.07, 6.45) is 3.21. The molecule has 3 aromatic rings. The molecule has 0 aliphatic carbocycles. The summed E-state index contributed by atoms with van der Waals surface area (Å²) in [5, 5.41) is 18.0. The number of nitrogens with one attached hydrogen (secondary N) is 2. The molecule has 0 saturated carbocycles. The minimum atomic E-state index is -0.120. The minimum absolute atomic E-state index is 0.00339. The number of amides is 1. The second-order valence-electron chi connectivity index (χ2n) is 6.40. The SMILES string of the molecule is O=C(Nc1cccc(-c2ncn[nH]2)c1)[C@@H]1CCCN(c2ccc(Cl)nn2)C1. The second-order valence-corrected chi connectivity index (χ2v) is 6.79. The van der Waals surface area contributed by atoms with E-state index in [1.165, 1.54) is 6.33 Å². The summed E-state index contributed by atoms with van der Waals surface area (Å²) in [4.78, 5) is 19.0. The van der Waals surface area contributed by atoms with E-state index < -0.39 is 0 Å². The van der Waals surface area contributed by atoms with Gasteiger partial charge in [-0.3, -0.25) is 9.89 Å². The zero-order valence-electron chi connectivity index (χ0n) is 14.5. The van der Waals surface area contributed by atoms with Gasteiger partial charge in [-0.25, -0.2) is 4.98 Å². The Morgan fingerprint density at radius 1 is 1.26 bits per heavy atom. The summed E-state index contributed by atoms with van der Waals surface area (Å²) in [6, 6.07) is 11.1. The largest absolute Gasteiger partial charge is 0.354 e. The van der Waals surface area contributed by atoms with Crippen LogP contribution in [0.15, 0.2) is 42.7 Å². The van der Waals surface area contributed by atoms with Gasteiger partial charge in [0, 0.05) is 24.3 Å². The molecule has 2 aromatic heterocycles. The number of aromatic amines is 1. The van der Waals surface area contributed by atoms with Crippen LogP contribution in [0.4, 0.5) is 11.5 Å². The van der Waals surface area contributed by atoms with Gasteiger partial charge in [-0.2, -0.15) is 5.10 Å². The van der Waals surface area contributed by atoms with Gasteiger partial charge in [0.1, 0.15) is 6.33 Å². The molecule has 0 spiro atoms. The molecule has 1 saturated heterocycles. The molecular weight excluding hydrogens is 366 g/mol. The van der Waals surface area contributed by atoms with Crippen LogP contribution in [0.1, 0.15) is 12.8 Å². The van der Waals surface area contributed by atoms with Gasteiger partial charge >= 0.3 is 0 Å². The number of carbonyl (C=O) groups excluding carboxylic acids is 1. The molecule has 1 atom stereocenters. The number of halogens is 1. The molecule has 0 unspecified atom stereocenters. The van der Waals surface area contributed by atoms with Crippen molar-refractivity contribution in [3.63, 3.8) is 0 Å². The first-order chi connectivity index (χ1) is 13.2. The van der Waals surface area contributed by atoms with Crippen molar-refractivity contribution in [1.82, 2.24) is 25.4 Å². The number of piperidine rings is 1. The van der Waals surface area contributed by atoms with Crippen LogP contribution in [-0.4, -0.2) is 44.4 Å². The van der Waals surface area contributed by atoms with E-state index in [9.17, 15) is 4.79 Å². The molecule has 138 valence electrons. The van der Waals surface area contributed by atoms with Crippen molar-refractivity contribution in [2.24, 2.45) is 5.92 Å². The van der Waals surface area contributed by atoms with Gasteiger partial charge in [-0.1, -0.05) is 23.7 Å². The van der Waals surface area contributed by atoms with Crippen molar-refractivity contribution in [3.05, 3.63) is 47.9 Å². The molecule has 1 aliphatic rings. The van der Waals surface area contributed by atoms with Crippen molar-refractivity contribution in [1.29, 1.82) is 0 Å². The predicted octanol–water partition coefficient (Wildman–Crippen LogP) is 2.77. The second kappa shape index (κ2) is 7.71. The highest BCUT2D eigenvalue weighted by molar-refractivity contribution is 6.29. The Balaban J connectivity index is 1.43. The van der Waals surface area contributed by atoms with Gasteiger partial charge in [-0.15, -0.1) is 10.2 Å². The molecule has 1 aliphatic heterocycles. The van der Waals surface area contributed by atoms with Gasteiger partial charge < -0.3 is 10.2 Å². The van der Waals surface area contributed by atoms with E-state index in [1.54, 1.807) is 6.07 Å². The Hall–Kier alpha value is -3.00. The van der Waals surface area contributed by atoms with E-state index in [1.807, 2.05) is 30.3 Å². The van der Waals surface area contributed by atoms with Crippen LogP contribution in [0, 0.1) is 5.92 Å².